The molecule has 0 amide bonds. The van der Waals surface area contributed by atoms with E-state index in [-0.39, 0.29) is 29.6 Å². The van der Waals surface area contributed by atoms with Gasteiger partial charge in [-0.15, -0.1) is 0 Å². The quantitative estimate of drug-likeness (QED) is 0.152. The van der Waals surface area contributed by atoms with Gasteiger partial charge in [-0.2, -0.15) is 0 Å². The van der Waals surface area contributed by atoms with Gasteiger partial charge in [0, 0.05) is 12.1 Å². The van der Waals surface area contributed by atoms with Crippen LogP contribution >= 0.6 is 0 Å². The Bertz CT molecular complexity index is 971. The van der Waals surface area contributed by atoms with Crippen LogP contribution < -0.4 is 4.74 Å². The second-order valence-corrected chi connectivity index (χ2v) is 10.6. The Morgan fingerprint density at radius 2 is 1.38 bits per heavy atom. The zero-order valence-electron chi connectivity index (χ0n) is 20.9. The molecular formula is C30H37O3S+. The molecule has 0 aliphatic heterocycles. The highest BCUT2D eigenvalue weighted by molar-refractivity contribution is 7.97. The molecule has 180 valence electrons. The highest BCUT2D eigenvalue weighted by atomic mass is 32.2. The van der Waals surface area contributed by atoms with Crippen LogP contribution in [0, 0.1) is 13.8 Å². The fourth-order valence-corrected chi connectivity index (χ4v) is 6.36. The second-order valence-electron chi connectivity index (χ2n) is 8.62. The van der Waals surface area contributed by atoms with Crippen molar-refractivity contribution in [2.75, 3.05) is 6.61 Å². The molecular weight excluding hydrogens is 440 g/mol. The summed E-state index contributed by atoms with van der Waals surface area (Å²) in [7, 11) is -0.217. The molecule has 0 aromatic heterocycles. The molecule has 0 aliphatic rings. The zero-order valence-corrected chi connectivity index (χ0v) is 21.7. The number of esters is 1. The maximum atomic E-state index is 12.4. The van der Waals surface area contributed by atoms with Crippen molar-refractivity contribution in [3.05, 3.63) is 83.9 Å². The Morgan fingerprint density at radius 1 is 0.824 bits per heavy atom. The number of hydrogen-bond donors (Lipinski definition) is 0. The molecule has 0 saturated carbocycles. The third-order valence-electron chi connectivity index (χ3n) is 5.84. The van der Waals surface area contributed by atoms with Gasteiger partial charge in [0.1, 0.15) is 11.9 Å². The van der Waals surface area contributed by atoms with Crippen molar-refractivity contribution in [3.63, 3.8) is 0 Å². The number of carbonyl (C=O) groups excluding carboxylic acids is 1. The topological polar surface area (TPSA) is 35.5 Å². The zero-order chi connectivity index (χ0) is 24.3. The largest absolute Gasteiger partial charge is 0.481 e. The van der Waals surface area contributed by atoms with Crippen LogP contribution in [0.3, 0.4) is 0 Å². The van der Waals surface area contributed by atoms with Crippen LogP contribution in [-0.4, -0.2) is 18.7 Å². The van der Waals surface area contributed by atoms with Crippen LogP contribution in [-0.2, 0) is 20.4 Å². The number of rotatable bonds is 12. The molecule has 4 heteroatoms. The lowest BCUT2D eigenvalue weighted by Gasteiger charge is -2.18. The number of aryl methyl sites for hydroxylation is 2. The van der Waals surface area contributed by atoms with Crippen LogP contribution in [0.5, 0.6) is 5.75 Å². The van der Waals surface area contributed by atoms with Crippen molar-refractivity contribution in [1.29, 1.82) is 0 Å². The van der Waals surface area contributed by atoms with E-state index in [2.05, 4.69) is 86.6 Å². The van der Waals surface area contributed by atoms with E-state index in [0.717, 1.165) is 42.6 Å². The molecule has 1 unspecified atom stereocenters. The number of benzene rings is 3. The lowest BCUT2D eigenvalue weighted by molar-refractivity contribution is -0.152. The minimum atomic E-state index is -0.292. The van der Waals surface area contributed by atoms with Gasteiger partial charge in [-0.25, -0.2) is 4.79 Å². The summed E-state index contributed by atoms with van der Waals surface area (Å²) >= 11 is 0. The van der Waals surface area contributed by atoms with Crippen molar-refractivity contribution in [3.8, 4) is 5.75 Å². The van der Waals surface area contributed by atoms with Crippen molar-refractivity contribution in [2.45, 2.75) is 80.6 Å². The molecule has 0 radical (unpaired) electrons. The highest BCUT2D eigenvalue weighted by Gasteiger charge is 2.29. The van der Waals surface area contributed by atoms with Gasteiger partial charge in [0.05, 0.1) is 10.9 Å². The first kappa shape index (κ1) is 25.9. The Labute approximate surface area is 207 Å². The van der Waals surface area contributed by atoms with Crippen LogP contribution in [0.2, 0.25) is 0 Å². The van der Waals surface area contributed by atoms with Gasteiger partial charge in [0.15, 0.2) is 21.3 Å². The fraction of sp³-hybridized carbons (Fsp3) is 0.367. The summed E-state index contributed by atoms with van der Waals surface area (Å²) in [6, 6.07) is 25.6. The Balaban J connectivity index is 1.75. The molecule has 0 heterocycles. The summed E-state index contributed by atoms with van der Waals surface area (Å²) in [4.78, 5) is 16.2. The minimum absolute atomic E-state index is 0.0223. The summed E-state index contributed by atoms with van der Waals surface area (Å²) < 4.78 is 11.6. The number of ether oxygens (including phenoxy) is 2. The van der Waals surface area contributed by atoms with E-state index >= 15 is 0 Å². The van der Waals surface area contributed by atoms with Crippen LogP contribution in [0.1, 0.15) is 57.1 Å². The van der Waals surface area contributed by atoms with Gasteiger partial charge in [0.2, 0.25) is 0 Å². The average molecular weight is 478 g/mol. The van der Waals surface area contributed by atoms with Crippen LogP contribution in [0.15, 0.2) is 87.5 Å². The molecule has 1 atom stereocenters. The average Bonchev–Trinajstić information content (AvgIpc) is 2.84. The van der Waals surface area contributed by atoms with E-state index in [1.165, 1.54) is 21.1 Å². The summed E-state index contributed by atoms with van der Waals surface area (Å²) in [5.74, 6) is 0.476. The lowest BCUT2D eigenvalue weighted by Crippen LogP contribution is -2.22. The Hall–Kier alpha value is -2.72. The van der Waals surface area contributed by atoms with Crippen LogP contribution in [0.4, 0.5) is 0 Å². The standard InChI is InChI=1S/C30H37O3S/c1-5-7-10-15-25(6-2)33-29(31)22-32-30-23(3)20-28(21-24(30)4)34(26-16-11-8-12-17-26)27-18-13-9-14-19-27/h8-9,11-14,16-21,25H,5-7,10,15,22H2,1-4H3/q+1. The van der Waals surface area contributed by atoms with E-state index in [4.69, 9.17) is 9.47 Å². The monoisotopic (exact) mass is 477 g/mol. The predicted molar refractivity (Wildman–Crippen MR) is 141 cm³/mol. The normalized spacial score (nSPS) is 11.9. The van der Waals surface area contributed by atoms with E-state index in [0.29, 0.717) is 0 Å². The Kier molecular flexibility index (Phi) is 10.1. The summed E-state index contributed by atoms with van der Waals surface area (Å²) in [5, 5.41) is 0. The van der Waals surface area contributed by atoms with Gasteiger partial charge in [-0.05, 0) is 68.5 Å². The molecule has 0 spiro atoms. The molecule has 0 saturated heterocycles. The van der Waals surface area contributed by atoms with E-state index in [1.54, 1.807) is 0 Å². The summed E-state index contributed by atoms with van der Waals surface area (Å²) in [5.41, 5.74) is 2.06. The number of unbranched alkanes of at least 4 members (excludes halogenated alkanes) is 2. The molecule has 3 rings (SSSR count). The first-order valence-corrected chi connectivity index (χ1v) is 13.5. The first-order valence-electron chi connectivity index (χ1n) is 12.3. The number of carbonyl (C=O) groups is 1. The molecule has 3 aromatic carbocycles. The molecule has 0 aliphatic carbocycles. The second kappa shape index (κ2) is 13.2. The Morgan fingerprint density at radius 3 is 1.88 bits per heavy atom. The third kappa shape index (κ3) is 7.14. The van der Waals surface area contributed by atoms with Gasteiger partial charge >= 0.3 is 5.97 Å². The smallest absolute Gasteiger partial charge is 0.344 e. The molecule has 3 aromatic rings. The van der Waals surface area contributed by atoms with E-state index in [1.807, 2.05) is 13.8 Å². The van der Waals surface area contributed by atoms with Gasteiger partial charge in [0.25, 0.3) is 0 Å². The molecule has 34 heavy (non-hydrogen) atoms. The fourth-order valence-electron chi connectivity index (χ4n) is 4.10. The van der Waals surface area contributed by atoms with Gasteiger partial charge in [-0.1, -0.05) is 63.1 Å². The van der Waals surface area contributed by atoms with Crippen LogP contribution in [0.25, 0.3) is 0 Å². The predicted octanol–water partition coefficient (Wildman–Crippen LogP) is 7.68. The summed E-state index contributed by atoms with van der Waals surface area (Å²) in [6.45, 7) is 8.28. The molecule has 3 nitrogen and oxygen atoms in total. The first-order chi connectivity index (χ1) is 16.5. The third-order valence-corrected chi connectivity index (χ3v) is 8.04. The molecule has 0 N–H and O–H groups in total. The molecule has 0 fully saturated rings. The van der Waals surface area contributed by atoms with Gasteiger partial charge in [-0.3, -0.25) is 0 Å². The van der Waals surface area contributed by atoms with Gasteiger partial charge < -0.3 is 9.47 Å². The maximum absolute atomic E-state index is 12.4. The minimum Gasteiger partial charge on any atom is -0.481 e. The van der Waals surface area contributed by atoms with E-state index < -0.39 is 0 Å². The SMILES string of the molecule is CCCCCC(CC)OC(=O)COc1c(C)cc([S+](c2ccccc2)c2ccccc2)cc1C. The maximum Gasteiger partial charge on any atom is 0.344 e. The molecule has 0 bridgehead atoms. The number of hydrogen-bond acceptors (Lipinski definition) is 3. The lowest BCUT2D eigenvalue weighted by atomic mass is 10.1. The van der Waals surface area contributed by atoms with Crippen molar-refractivity contribution < 1.29 is 14.3 Å². The van der Waals surface area contributed by atoms with Crippen molar-refractivity contribution in [1.82, 2.24) is 0 Å². The van der Waals surface area contributed by atoms with E-state index in [9.17, 15) is 4.79 Å². The summed E-state index contributed by atoms with van der Waals surface area (Å²) in [6.07, 6.45) is 5.16. The highest BCUT2D eigenvalue weighted by Crippen LogP contribution is 2.35. The van der Waals surface area contributed by atoms with Crippen molar-refractivity contribution in [2.24, 2.45) is 0 Å². The van der Waals surface area contributed by atoms with Crippen molar-refractivity contribution >= 4 is 16.9 Å².